The van der Waals surface area contributed by atoms with Crippen molar-refractivity contribution in [3.05, 3.63) is 29.8 Å². The highest BCUT2D eigenvalue weighted by Crippen LogP contribution is 2.17. The number of amides is 1. The van der Waals surface area contributed by atoms with E-state index in [1.165, 1.54) is 5.56 Å². The molecule has 1 aliphatic heterocycles. The zero-order valence-corrected chi connectivity index (χ0v) is 11.8. The van der Waals surface area contributed by atoms with Crippen LogP contribution in [-0.4, -0.2) is 31.8 Å². The highest BCUT2D eigenvalue weighted by Gasteiger charge is 2.21. The van der Waals surface area contributed by atoms with Crippen LogP contribution in [0.2, 0.25) is 0 Å². The van der Waals surface area contributed by atoms with Crippen LogP contribution in [0.15, 0.2) is 24.3 Å². The summed E-state index contributed by atoms with van der Waals surface area (Å²) in [5, 5.41) is 3.52. The van der Waals surface area contributed by atoms with Crippen LogP contribution in [0.3, 0.4) is 0 Å². The zero-order valence-electron chi connectivity index (χ0n) is 11.8. The molecule has 5 heteroatoms. The van der Waals surface area contributed by atoms with Crippen molar-refractivity contribution in [3.8, 4) is 5.75 Å². The third-order valence-corrected chi connectivity index (χ3v) is 3.60. The predicted molar refractivity (Wildman–Crippen MR) is 76.4 cm³/mol. The maximum Gasteiger partial charge on any atom is 0.255 e. The number of primary amides is 1. The summed E-state index contributed by atoms with van der Waals surface area (Å²) in [6.07, 6.45) is 1.13. The molecular formula is C15H22N2O3. The van der Waals surface area contributed by atoms with Crippen molar-refractivity contribution in [2.45, 2.75) is 25.9 Å². The first kappa shape index (κ1) is 14.8. The summed E-state index contributed by atoms with van der Waals surface area (Å²) in [4.78, 5) is 10.6. The van der Waals surface area contributed by atoms with Crippen LogP contribution in [0.4, 0.5) is 0 Å². The van der Waals surface area contributed by atoms with E-state index in [-0.39, 0.29) is 6.61 Å². The fourth-order valence-electron chi connectivity index (χ4n) is 2.25. The lowest BCUT2D eigenvalue weighted by Crippen LogP contribution is -2.33. The van der Waals surface area contributed by atoms with E-state index in [0.717, 1.165) is 26.2 Å². The molecule has 2 rings (SSSR count). The molecule has 0 aliphatic carbocycles. The van der Waals surface area contributed by atoms with Crippen molar-refractivity contribution >= 4 is 5.91 Å². The smallest absolute Gasteiger partial charge is 0.255 e. The second-order valence-electron chi connectivity index (χ2n) is 5.19. The van der Waals surface area contributed by atoms with Crippen molar-refractivity contribution < 1.29 is 14.3 Å². The minimum Gasteiger partial charge on any atom is -0.484 e. The van der Waals surface area contributed by atoms with Gasteiger partial charge >= 0.3 is 0 Å². The molecule has 1 aliphatic rings. The standard InChI is InChI=1S/C15H22N2O3/c1-11(13-6-7-19-9-13)17-8-12-2-4-14(5-3-12)20-10-15(16)18/h2-5,11,13,17H,6-10H2,1H3,(H2,16,18). The SMILES string of the molecule is CC(NCc1ccc(OCC(N)=O)cc1)C1CCOC1. The second-order valence-corrected chi connectivity index (χ2v) is 5.19. The molecule has 2 unspecified atom stereocenters. The van der Waals surface area contributed by atoms with Crippen LogP contribution in [0.1, 0.15) is 18.9 Å². The number of rotatable bonds is 7. The number of benzene rings is 1. The Morgan fingerprint density at radius 3 is 2.85 bits per heavy atom. The van der Waals surface area contributed by atoms with E-state index in [9.17, 15) is 4.79 Å². The van der Waals surface area contributed by atoms with Gasteiger partial charge < -0.3 is 20.5 Å². The van der Waals surface area contributed by atoms with Crippen molar-refractivity contribution in [3.63, 3.8) is 0 Å². The molecule has 2 atom stereocenters. The van der Waals surface area contributed by atoms with Gasteiger partial charge in [-0.3, -0.25) is 4.79 Å². The summed E-state index contributed by atoms with van der Waals surface area (Å²) in [6.45, 7) is 4.66. The van der Waals surface area contributed by atoms with E-state index in [0.29, 0.717) is 17.7 Å². The molecule has 5 nitrogen and oxygen atoms in total. The van der Waals surface area contributed by atoms with Gasteiger partial charge in [-0.25, -0.2) is 0 Å². The molecule has 0 bridgehead atoms. The maximum atomic E-state index is 10.6. The second kappa shape index (κ2) is 7.26. The number of carbonyl (C=O) groups excluding carboxylic acids is 1. The first-order chi connectivity index (χ1) is 9.65. The molecule has 20 heavy (non-hydrogen) atoms. The molecule has 1 heterocycles. The van der Waals surface area contributed by atoms with Crippen LogP contribution < -0.4 is 15.8 Å². The Bertz CT molecular complexity index is 427. The molecule has 0 saturated carbocycles. The van der Waals surface area contributed by atoms with Gasteiger partial charge in [-0.1, -0.05) is 12.1 Å². The van der Waals surface area contributed by atoms with E-state index < -0.39 is 5.91 Å². The minimum absolute atomic E-state index is 0.0870. The summed E-state index contributed by atoms with van der Waals surface area (Å²) in [6, 6.07) is 8.12. The number of nitrogens with one attached hydrogen (secondary N) is 1. The molecule has 0 spiro atoms. The average molecular weight is 278 g/mol. The van der Waals surface area contributed by atoms with Crippen LogP contribution in [0.25, 0.3) is 0 Å². The van der Waals surface area contributed by atoms with Gasteiger partial charge in [0, 0.05) is 19.2 Å². The van der Waals surface area contributed by atoms with Crippen LogP contribution in [0.5, 0.6) is 5.75 Å². The fourth-order valence-corrected chi connectivity index (χ4v) is 2.25. The summed E-state index contributed by atoms with van der Waals surface area (Å²) >= 11 is 0. The first-order valence-electron chi connectivity index (χ1n) is 6.96. The molecule has 0 radical (unpaired) electrons. The van der Waals surface area contributed by atoms with Gasteiger partial charge in [0.15, 0.2) is 6.61 Å². The Balaban J connectivity index is 1.76. The van der Waals surface area contributed by atoms with Gasteiger partial charge in [-0.15, -0.1) is 0 Å². The Hall–Kier alpha value is -1.59. The molecule has 1 aromatic rings. The molecule has 1 amide bonds. The highest BCUT2D eigenvalue weighted by molar-refractivity contribution is 5.75. The molecule has 1 fully saturated rings. The lowest BCUT2D eigenvalue weighted by molar-refractivity contribution is -0.119. The molecule has 1 aromatic carbocycles. The van der Waals surface area contributed by atoms with E-state index in [4.69, 9.17) is 15.2 Å². The van der Waals surface area contributed by atoms with Crippen molar-refractivity contribution in [1.82, 2.24) is 5.32 Å². The van der Waals surface area contributed by atoms with Gasteiger partial charge in [-0.2, -0.15) is 0 Å². The summed E-state index contributed by atoms with van der Waals surface area (Å²) in [7, 11) is 0. The van der Waals surface area contributed by atoms with Gasteiger partial charge in [0.1, 0.15) is 5.75 Å². The van der Waals surface area contributed by atoms with Crippen molar-refractivity contribution in [2.75, 3.05) is 19.8 Å². The molecule has 110 valence electrons. The van der Waals surface area contributed by atoms with E-state index >= 15 is 0 Å². The molecule has 0 aromatic heterocycles. The van der Waals surface area contributed by atoms with E-state index in [2.05, 4.69) is 12.2 Å². The van der Waals surface area contributed by atoms with Crippen molar-refractivity contribution in [1.29, 1.82) is 0 Å². The fraction of sp³-hybridized carbons (Fsp3) is 0.533. The number of nitrogens with two attached hydrogens (primary N) is 1. The van der Waals surface area contributed by atoms with Crippen LogP contribution in [-0.2, 0) is 16.1 Å². The number of carbonyl (C=O) groups is 1. The molecular weight excluding hydrogens is 256 g/mol. The van der Waals surface area contributed by atoms with Gasteiger partial charge in [0.25, 0.3) is 5.91 Å². The van der Waals surface area contributed by atoms with E-state index in [1.807, 2.05) is 24.3 Å². The average Bonchev–Trinajstić information content (AvgIpc) is 2.98. The topological polar surface area (TPSA) is 73.6 Å². The van der Waals surface area contributed by atoms with Gasteiger partial charge in [0.05, 0.1) is 6.61 Å². The Morgan fingerprint density at radius 2 is 2.25 bits per heavy atom. The lowest BCUT2D eigenvalue weighted by atomic mass is 10.0. The predicted octanol–water partition coefficient (Wildman–Crippen LogP) is 1.07. The first-order valence-corrected chi connectivity index (χ1v) is 6.96. The number of ether oxygens (including phenoxy) is 2. The van der Waals surface area contributed by atoms with Crippen molar-refractivity contribution in [2.24, 2.45) is 11.7 Å². The maximum absolute atomic E-state index is 10.6. The molecule has 1 saturated heterocycles. The lowest BCUT2D eigenvalue weighted by Gasteiger charge is -2.19. The van der Waals surface area contributed by atoms with E-state index in [1.54, 1.807) is 0 Å². The quantitative estimate of drug-likeness (QED) is 0.782. The van der Waals surface area contributed by atoms with Gasteiger partial charge in [0.2, 0.25) is 0 Å². The third kappa shape index (κ3) is 4.51. The normalized spacial score (nSPS) is 19.8. The third-order valence-electron chi connectivity index (χ3n) is 3.60. The van der Waals surface area contributed by atoms with Crippen LogP contribution >= 0.6 is 0 Å². The van der Waals surface area contributed by atoms with Crippen LogP contribution in [0, 0.1) is 5.92 Å². The summed E-state index contributed by atoms with van der Waals surface area (Å²) in [5.41, 5.74) is 6.21. The minimum atomic E-state index is -0.469. The summed E-state index contributed by atoms with van der Waals surface area (Å²) < 4.78 is 10.6. The number of hydrogen-bond acceptors (Lipinski definition) is 4. The summed E-state index contributed by atoms with van der Waals surface area (Å²) in [5.74, 6) is 0.793. The Morgan fingerprint density at radius 1 is 1.50 bits per heavy atom. The monoisotopic (exact) mass is 278 g/mol. The van der Waals surface area contributed by atoms with Gasteiger partial charge in [-0.05, 0) is 37.0 Å². The number of hydrogen-bond donors (Lipinski definition) is 2. The zero-order chi connectivity index (χ0) is 14.4. The molecule has 3 N–H and O–H groups in total. The Labute approximate surface area is 119 Å². The highest BCUT2D eigenvalue weighted by atomic mass is 16.5. The Kier molecular flexibility index (Phi) is 5.38. The largest absolute Gasteiger partial charge is 0.484 e.